The molecule has 2 unspecified atom stereocenters. The summed E-state index contributed by atoms with van der Waals surface area (Å²) in [6.07, 6.45) is 16.3. The van der Waals surface area contributed by atoms with Crippen LogP contribution in [0.15, 0.2) is 141 Å². The molecular weight excluding hydrogens is 778 g/mol. The van der Waals surface area contributed by atoms with Gasteiger partial charge < -0.3 is 14.0 Å². The van der Waals surface area contributed by atoms with Crippen molar-refractivity contribution in [3.05, 3.63) is 149 Å². The summed E-state index contributed by atoms with van der Waals surface area (Å²) >= 11 is 4.05. The number of nitrogens with zero attached hydrogens (tertiary/aromatic N) is 3. The molecule has 0 N–H and O–H groups in total. The van der Waals surface area contributed by atoms with Gasteiger partial charge in [0, 0.05) is 76.5 Å². The Morgan fingerprint density at radius 3 is 1.66 bits per heavy atom. The number of para-hydroxylation sites is 3. The fraction of sp³-hybridized carbons (Fsp3) is 0.273. The quantitative estimate of drug-likeness (QED) is 0.165. The first-order chi connectivity index (χ1) is 30.3. The van der Waals surface area contributed by atoms with Gasteiger partial charge in [-0.2, -0.15) is 0 Å². The van der Waals surface area contributed by atoms with Gasteiger partial charge in [-0.05, 0) is 141 Å². The molecule has 5 heterocycles. The maximum Gasteiger partial charge on any atom is 0.247 e. The minimum Gasteiger partial charge on any atom is -0.337 e. The van der Waals surface area contributed by atoms with Gasteiger partial charge in [-0.15, -0.1) is 0 Å². The number of benzene rings is 6. The highest BCUT2D eigenvalue weighted by molar-refractivity contribution is 8.01. The summed E-state index contributed by atoms with van der Waals surface area (Å²) in [7, 11) is 0. The summed E-state index contributed by atoms with van der Waals surface area (Å²) in [6.45, 7) is 0.191. The Kier molecular flexibility index (Phi) is 8.00. The highest BCUT2D eigenvalue weighted by atomic mass is 32.2. The van der Waals surface area contributed by atoms with E-state index in [0.717, 1.165) is 12.8 Å². The molecule has 3 aliphatic heterocycles. The average molecular weight is 826 g/mol. The third kappa shape index (κ3) is 5.21. The zero-order valence-corrected chi connectivity index (χ0v) is 36.3. The zero-order valence-electron chi connectivity index (χ0n) is 34.6. The Balaban J connectivity index is 0.968. The molecule has 6 heteroatoms. The SMILES string of the molecule is c1ccc2c(c1)C1CCCCCC1N2c1cc2c3c(c1)Sc1cc(-n4c5c(c6ccccc64)CCCC5)ccc1B3c1ccc(-n3c4c(c5ccccc53)CCCC4)cc1S2. The lowest BCUT2D eigenvalue weighted by atomic mass is 9.36. The number of anilines is 2. The number of rotatable bonds is 3. The van der Waals surface area contributed by atoms with Crippen molar-refractivity contribution in [1.29, 1.82) is 0 Å². The maximum atomic E-state index is 2.78. The number of hydrogen-bond acceptors (Lipinski definition) is 3. The summed E-state index contributed by atoms with van der Waals surface area (Å²) in [5, 5.41) is 2.88. The van der Waals surface area contributed by atoms with E-state index in [4.69, 9.17) is 0 Å². The van der Waals surface area contributed by atoms with Gasteiger partial charge in [0.25, 0.3) is 0 Å². The Bertz CT molecular complexity index is 2970. The fourth-order valence-corrected chi connectivity index (χ4v) is 15.5. The smallest absolute Gasteiger partial charge is 0.247 e. The lowest BCUT2D eigenvalue weighted by Gasteiger charge is -2.36. The third-order valence-electron chi connectivity index (χ3n) is 15.5. The van der Waals surface area contributed by atoms with Crippen molar-refractivity contribution in [3.8, 4) is 11.4 Å². The second-order valence-corrected chi connectivity index (χ2v) is 20.8. The van der Waals surface area contributed by atoms with E-state index in [1.54, 1.807) is 16.7 Å². The van der Waals surface area contributed by atoms with Crippen molar-refractivity contribution in [2.24, 2.45) is 0 Å². The van der Waals surface area contributed by atoms with E-state index in [9.17, 15) is 0 Å². The minimum absolute atomic E-state index is 0.191. The second-order valence-electron chi connectivity index (χ2n) is 18.6. The van der Waals surface area contributed by atoms with Crippen LogP contribution in [0.1, 0.15) is 91.8 Å². The van der Waals surface area contributed by atoms with Crippen LogP contribution in [0, 0.1) is 0 Å². The summed E-state index contributed by atoms with van der Waals surface area (Å²) < 4.78 is 5.24. The first kappa shape index (κ1) is 35.5. The zero-order chi connectivity index (χ0) is 39.8. The second kappa shape index (κ2) is 13.7. The van der Waals surface area contributed by atoms with Crippen LogP contribution in [0.2, 0.25) is 0 Å². The molecule has 61 heavy (non-hydrogen) atoms. The van der Waals surface area contributed by atoms with Gasteiger partial charge in [-0.25, -0.2) is 0 Å². The van der Waals surface area contributed by atoms with Crippen molar-refractivity contribution in [3.63, 3.8) is 0 Å². The Hall–Kier alpha value is -5.04. The number of aryl methyl sites for hydroxylation is 2. The summed E-state index contributed by atoms with van der Waals surface area (Å²) in [5.41, 5.74) is 20.3. The summed E-state index contributed by atoms with van der Waals surface area (Å²) in [5.74, 6) is 0.607. The lowest BCUT2D eigenvalue weighted by Crippen LogP contribution is -2.58. The Morgan fingerprint density at radius 1 is 0.475 bits per heavy atom. The predicted octanol–water partition coefficient (Wildman–Crippen LogP) is 12.3. The largest absolute Gasteiger partial charge is 0.337 e. The van der Waals surface area contributed by atoms with Crippen LogP contribution in [0.5, 0.6) is 0 Å². The third-order valence-corrected chi connectivity index (χ3v) is 17.8. The number of aromatic nitrogens is 2. The van der Waals surface area contributed by atoms with Crippen molar-refractivity contribution in [2.75, 3.05) is 4.90 Å². The molecule has 14 rings (SSSR count). The molecule has 2 atom stereocenters. The molecule has 0 spiro atoms. The van der Waals surface area contributed by atoms with Crippen LogP contribution in [0.4, 0.5) is 11.4 Å². The molecule has 6 aliphatic rings. The number of hydrogen-bond donors (Lipinski definition) is 0. The van der Waals surface area contributed by atoms with Gasteiger partial charge in [0.2, 0.25) is 6.71 Å². The van der Waals surface area contributed by atoms with E-state index in [0.29, 0.717) is 12.0 Å². The van der Waals surface area contributed by atoms with Crippen molar-refractivity contribution in [1.82, 2.24) is 9.13 Å². The molecule has 0 amide bonds. The highest BCUT2D eigenvalue weighted by Gasteiger charge is 2.43. The summed E-state index contributed by atoms with van der Waals surface area (Å²) in [6, 6.07) is 48.4. The monoisotopic (exact) mass is 825 g/mol. The van der Waals surface area contributed by atoms with Crippen molar-refractivity contribution < 1.29 is 0 Å². The fourth-order valence-electron chi connectivity index (χ4n) is 12.9. The number of fused-ring (bicyclic) bond motifs is 13. The van der Waals surface area contributed by atoms with Gasteiger partial charge >= 0.3 is 0 Å². The van der Waals surface area contributed by atoms with Gasteiger partial charge in [-0.1, -0.05) is 120 Å². The Labute approximate surface area is 367 Å². The van der Waals surface area contributed by atoms with Crippen molar-refractivity contribution >= 4 is 79.8 Å². The first-order valence-electron chi connectivity index (χ1n) is 23.2. The molecule has 3 nitrogen and oxygen atoms in total. The molecule has 3 aliphatic carbocycles. The molecular formula is C55H48BN3S2. The minimum atomic E-state index is 0.191. The van der Waals surface area contributed by atoms with E-state index in [2.05, 4.69) is 135 Å². The van der Waals surface area contributed by atoms with Crippen LogP contribution in [-0.4, -0.2) is 21.9 Å². The normalized spacial score (nSPS) is 19.7. The van der Waals surface area contributed by atoms with Crippen LogP contribution in [0.25, 0.3) is 33.2 Å². The van der Waals surface area contributed by atoms with Gasteiger partial charge in [0.1, 0.15) is 0 Å². The molecule has 0 radical (unpaired) electrons. The van der Waals surface area contributed by atoms with Crippen molar-refractivity contribution in [2.45, 2.75) is 115 Å². The van der Waals surface area contributed by atoms with Gasteiger partial charge in [0.15, 0.2) is 0 Å². The van der Waals surface area contributed by atoms with Crippen LogP contribution in [-0.2, 0) is 25.7 Å². The van der Waals surface area contributed by atoms with E-state index < -0.39 is 0 Å². The molecule has 1 fully saturated rings. The van der Waals surface area contributed by atoms with E-state index in [-0.39, 0.29) is 6.71 Å². The van der Waals surface area contributed by atoms with Crippen LogP contribution in [0.3, 0.4) is 0 Å². The first-order valence-corrected chi connectivity index (χ1v) is 24.8. The molecule has 1 saturated carbocycles. The predicted molar refractivity (Wildman–Crippen MR) is 257 cm³/mol. The van der Waals surface area contributed by atoms with Gasteiger partial charge in [-0.3, -0.25) is 0 Å². The molecule has 0 bridgehead atoms. The van der Waals surface area contributed by atoms with E-state index in [1.807, 2.05) is 23.5 Å². The van der Waals surface area contributed by atoms with Crippen LogP contribution < -0.4 is 21.3 Å². The topological polar surface area (TPSA) is 13.1 Å². The standard InChI is InChI=1S/C55H48BN3S2/c1-2-14-37-42-19-8-13-25-50(42)59(49(37)20-3-1)36-32-53-55-54(33-36)61-52-31-35(58-47-23-11-6-17-40(47)41-18-7-12-24-48(41)58)27-29-44(52)56(55)43-28-26-34(30-51(43)60-53)57-45-21-9-4-15-38(45)39-16-5-10-22-46(39)57/h4,6,8-9,11,13,15,17,19,21,23,25-33,37,49H,1-3,5,7,10,12,14,16,18,20,22,24H2. The molecule has 2 aromatic heterocycles. The maximum absolute atomic E-state index is 2.78. The molecule has 8 aromatic rings. The van der Waals surface area contributed by atoms with Crippen LogP contribution >= 0.6 is 23.5 Å². The van der Waals surface area contributed by atoms with Gasteiger partial charge in [0.05, 0.1) is 11.0 Å². The molecule has 0 saturated heterocycles. The summed E-state index contributed by atoms with van der Waals surface area (Å²) in [4.78, 5) is 8.46. The molecule has 298 valence electrons. The Morgan fingerprint density at radius 2 is 1.02 bits per heavy atom. The molecule has 6 aromatic carbocycles. The average Bonchev–Trinajstić information content (AvgIpc) is 3.86. The highest BCUT2D eigenvalue weighted by Crippen LogP contribution is 2.52. The van der Waals surface area contributed by atoms with E-state index in [1.165, 1.54) is 163 Å². The van der Waals surface area contributed by atoms with E-state index >= 15 is 0 Å². The lowest BCUT2D eigenvalue weighted by molar-refractivity contribution is 0.529.